The SMILES string of the molecule is CC1CCSCC(c2ccc(F)cc2)N1. The maximum atomic E-state index is 12.8. The maximum absolute atomic E-state index is 12.8. The molecule has 3 heteroatoms. The summed E-state index contributed by atoms with van der Waals surface area (Å²) < 4.78 is 12.8. The summed E-state index contributed by atoms with van der Waals surface area (Å²) in [6.45, 7) is 2.21. The van der Waals surface area contributed by atoms with Crippen molar-refractivity contribution in [3.8, 4) is 0 Å². The number of halogens is 1. The Morgan fingerprint density at radius 1 is 1.33 bits per heavy atom. The number of hydrogen-bond donors (Lipinski definition) is 1. The van der Waals surface area contributed by atoms with Crippen molar-refractivity contribution >= 4 is 11.8 Å². The molecular formula is C12H16FNS. The normalized spacial score (nSPS) is 27.3. The van der Waals surface area contributed by atoms with Crippen LogP contribution in [0.15, 0.2) is 24.3 Å². The Kier molecular flexibility index (Phi) is 3.65. The number of nitrogens with one attached hydrogen (secondary N) is 1. The number of thioether (sulfide) groups is 1. The van der Waals surface area contributed by atoms with E-state index >= 15 is 0 Å². The first-order valence-electron chi connectivity index (χ1n) is 5.35. The van der Waals surface area contributed by atoms with Gasteiger partial charge < -0.3 is 5.32 Å². The Morgan fingerprint density at radius 3 is 2.80 bits per heavy atom. The van der Waals surface area contributed by atoms with Crippen LogP contribution in [-0.4, -0.2) is 17.5 Å². The second-order valence-corrected chi connectivity index (χ2v) is 5.19. The van der Waals surface area contributed by atoms with Crippen molar-refractivity contribution in [1.29, 1.82) is 0 Å². The molecule has 1 heterocycles. The van der Waals surface area contributed by atoms with Crippen molar-refractivity contribution in [2.24, 2.45) is 0 Å². The van der Waals surface area contributed by atoms with Gasteiger partial charge in [0.05, 0.1) is 0 Å². The molecule has 0 aliphatic carbocycles. The topological polar surface area (TPSA) is 12.0 Å². The summed E-state index contributed by atoms with van der Waals surface area (Å²) in [6.07, 6.45) is 1.21. The fraction of sp³-hybridized carbons (Fsp3) is 0.500. The molecule has 2 unspecified atom stereocenters. The predicted octanol–water partition coefficient (Wildman–Crippen LogP) is 2.98. The van der Waals surface area contributed by atoms with E-state index in [0.717, 1.165) is 5.75 Å². The summed E-state index contributed by atoms with van der Waals surface area (Å²) in [6, 6.07) is 7.76. The van der Waals surface area contributed by atoms with Crippen molar-refractivity contribution in [1.82, 2.24) is 5.32 Å². The lowest BCUT2D eigenvalue weighted by atomic mass is 10.1. The molecule has 1 aromatic rings. The third-order valence-corrected chi connectivity index (χ3v) is 3.83. The summed E-state index contributed by atoms with van der Waals surface area (Å²) in [5.41, 5.74) is 1.19. The van der Waals surface area contributed by atoms with Gasteiger partial charge in [0.1, 0.15) is 5.82 Å². The standard InChI is InChI=1S/C12H16FNS/c1-9-6-7-15-8-12(14-9)10-2-4-11(13)5-3-10/h2-5,9,12,14H,6-8H2,1H3. The summed E-state index contributed by atoms with van der Waals surface area (Å²) in [5.74, 6) is 2.13. The highest BCUT2D eigenvalue weighted by atomic mass is 32.2. The van der Waals surface area contributed by atoms with Gasteiger partial charge in [-0.3, -0.25) is 0 Å². The molecule has 0 amide bonds. The molecule has 0 spiro atoms. The van der Waals surface area contributed by atoms with Crippen LogP contribution in [0.1, 0.15) is 24.9 Å². The van der Waals surface area contributed by atoms with E-state index < -0.39 is 0 Å². The molecule has 1 N–H and O–H groups in total. The minimum absolute atomic E-state index is 0.159. The minimum atomic E-state index is -0.159. The molecule has 15 heavy (non-hydrogen) atoms. The van der Waals surface area contributed by atoms with E-state index in [1.807, 2.05) is 23.9 Å². The van der Waals surface area contributed by atoms with Crippen molar-refractivity contribution in [2.45, 2.75) is 25.4 Å². The van der Waals surface area contributed by atoms with Crippen molar-refractivity contribution in [3.63, 3.8) is 0 Å². The molecule has 1 aliphatic heterocycles. The monoisotopic (exact) mass is 225 g/mol. The Hall–Kier alpha value is -0.540. The van der Waals surface area contributed by atoms with Gasteiger partial charge in [-0.2, -0.15) is 11.8 Å². The summed E-state index contributed by atoms with van der Waals surface area (Å²) >= 11 is 1.97. The lowest BCUT2D eigenvalue weighted by molar-refractivity contribution is 0.484. The van der Waals surface area contributed by atoms with E-state index in [0.29, 0.717) is 12.1 Å². The van der Waals surface area contributed by atoms with Crippen LogP contribution in [0.2, 0.25) is 0 Å². The van der Waals surface area contributed by atoms with Gasteiger partial charge in [-0.05, 0) is 36.8 Å². The molecule has 0 bridgehead atoms. The fourth-order valence-electron chi connectivity index (χ4n) is 1.82. The molecule has 0 aromatic heterocycles. The largest absolute Gasteiger partial charge is 0.307 e. The first-order chi connectivity index (χ1) is 7.25. The zero-order valence-corrected chi connectivity index (χ0v) is 9.69. The molecule has 82 valence electrons. The van der Waals surface area contributed by atoms with Crippen LogP contribution >= 0.6 is 11.8 Å². The Balaban J connectivity index is 2.11. The highest BCUT2D eigenvalue weighted by Crippen LogP contribution is 2.23. The first-order valence-corrected chi connectivity index (χ1v) is 6.50. The van der Waals surface area contributed by atoms with Gasteiger partial charge in [0.15, 0.2) is 0 Å². The number of hydrogen-bond acceptors (Lipinski definition) is 2. The molecule has 1 saturated heterocycles. The quantitative estimate of drug-likeness (QED) is 0.788. The zero-order valence-electron chi connectivity index (χ0n) is 8.87. The highest BCUT2D eigenvalue weighted by Gasteiger charge is 2.17. The average molecular weight is 225 g/mol. The van der Waals surface area contributed by atoms with E-state index in [-0.39, 0.29) is 5.82 Å². The number of benzene rings is 1. The van der Waals surface area contributed by atoms with E-state index in [1.165, 1.54) is 29.9 Å². The van der Waals surface area contributed by atoms with Gasteiger partial charge in [-0.15, -0.1) is 0 Å². The molecule has 1 fully saturated rings. The Morgan fingerprint density at radius 2 is 2.07 bits per heavy atom. The van der Waals surface area contributed by atoms with Gasteiger partial charge in [-0.25, -0.2) is 4.39 Å². The van der Waals surface area contributed by atoms with Gasteiger partial charge in [0, 0.05) is 17.8 Å². The first kappa shape index (κ1) is 11.0. The van der Waals surface area contributed by atoms with Gasteiger partial charge >= 0.3 is 0 Å². The molecule has 2 atom stereocenters. The Bertz CT molecular complexity index is 312. The van der Waals surface area contributed by atoms with Crippen molar-refractivity contribution in [3.05, 3.63) is 35.6 Å². The summed E-state index contributed by atoms with van der Waals surface area (Å²) in [7, 11) is 0. The smallest absolute Gasteiger partial charge is 0.123 e. The second kappa shape index (κ2) is 4.99. The van der Waals surface area contributed by atoms with Crippen LogP contribution in [0.3, 0.4) is 0 Å². The summed E-state index contributed by atoms with van der Waals surface area (Å²) in [5, 5.41) is 3.57. The van der Waals surface area contributed by atoms with E-state index in [4.69, 9.17) is 0 Å². The molecule has 0 radical (unpaired) electrons. The van der Waals surface area contributed by atoms with Gasteiger partial charge in [0.25, 0.3) is 0 Å². The van der Waals surface area contributed by atoms with Gasteiger partial charge in [0.2, 0.25) is 0 Å². The molecule has 1 aliphatic rings. The maximum Gasteiger partial charge on any atom is 0.123 e. The van der Waals surface area contributed by atoms with Crippen LogP contribution in [0.4, 0.5) is 4.39 Å². The van der Waals surface area contributed by atoms with E-state index in [2.05, 4.69) is 12.2 Å². The Labute approximate surface area is 94.5 Å². The van der Waals surface area contributed by atoms with Crippen molar-refractivity contribution < 1.29 is 4.39 Å². The molecule has 0 saturated carbocycles. The molecule has 2 rings (SSSR count). The highest BCUT2D eigenvalue weighted by molar-refractivity contribution is 7.99. The van der Waals surface area contributed by atoms with Crippen LogP contribution < -0.4 is 5.32 Å². The van der Waals surface area contributed by atoms with Crippen LogP contribution in [0, 0.1) is 5.82 Å². The van der Waals surface area contributed by atoms with E-state index in [1.54, 1.807) is 0 Å². The average Bonchev–Trinajstić information content (AvgIpc) is 2.44. The van der Waals surface area contributed by atoms with Crippen molar-refractivity contribution in [2.75, 3.05) is 11.5 Å². The van der Waals surface area contributed by atoms with Crippen LogP contribution in [-0.2, 0) is 0 Å². The van der Waals surface area contributed by atoms with Crippen LogP contribution in [0.5, 0.6) is 0 Å². The number of rotatable bonds is 1. The molecule has 1 aromatic carbocycles. The third-order valence-electron chi connectivity index (χ3n) is 2.74. The predicted molar refractivity (Wildman–Crippen MR) is 63.7 cm³/mol. The molecule has 1 nitrogen and oxygen atoms in total. The fourth-order valence-corrected chi connectivity index (χ4v) is 3.03. The third kappa shape index (κ3) is 2.95. The second-order valence-electron chi connectivity index (χ2n) is 4.04. The lowest BCUT2D eigenvalue weighted by Crippen LogP contribution is -2.30. The summed E-state index contributed by atoms with van der Waals surface area (Å²) in [4.78, 5) is 0. The molecular weight excluding hydrogens is 209 g/mol. The zero-order chi connectivity index (χ0) is 10.7. The minimum Gasteiger partial charge on any atom is -0.307 e. The van der Waals surface area contributed by atoms with E-state index in [9.17, 15) is 4.39 Å². The van der Waals surface area contributed by atoms with Crippen LogP contribution in [0.25, 0.3) is 0 Å². The lowest BCUT2D eigenvalue weighted by Gasteiger charge is -2.19. The van der Waals surface area contributed by atoms with Gasteiger partial charge in [-0.1, -0.05) is 12.1 Å².